The van der Waals surface area contributed by atoms with Gasteiger partial charge < -0.3 is 15.1 Å². The van der Waals surface area contributed by atoms with E-state index in [4.69, 9.17) is 0 Å². The van der Waals surface area contributed by atoms with Gasteiger partial charge in [-0.1, -0.05) is 25.0 Å². The minimum Gasteiger partial charge on any atom is -0.352 e. The number of anilines is 1. The highest BCUT2D eigenvalue weighted by Crippen LogP contribution is 2.33. The summed E-state index contributed by atoms with van der Waals surface area (Å²) in [6.07, 6.45) is 0.962. The zero-order chi connectivity index (χ0) is 22.7. The zero-order valence-corrected chi connectivity index (χ0v) is 17.6. The maximum atomic E-state index is 13.3. The van der Waals surface area contributed by atoms with E-state index in [2.05, 4.69) is 10.3 Å². The molecule has 9 heteroatoms. The molecule has 170 valence electrons. The Kier molecular flexibility index (Phi) is 6.34. The second-order valence-corrected chi connectivity index (χ2v) is 8.26. The van der Waals surface area contributed by atoms with Gasteiger partial charge >= 0.3 is 6.18 Å². The van der Waals surface area contributed by atoms with Crippen molar-refractivity contribution in [3.8, 4) is 0 Å². The number of hydrogen-bond acceptors (Lipinski definition) is 4. The summed E-state index contributed by atoms with van der Waals surface area (Å²) in [4.78, 5) is 32.7. The van der Waals surface area contributed by atoms with Crippen LogP contribution in [0.15, 0.2) is 42.6 Å². The van der Waals surface area contributed by atoms with E-state index >= 15 is 0 Å². The highest BCUT2D eigenvalue weighted by molar-refractivity contribution is 5.96. The molecule has 1 saturated carbocycles. The molecular formula is C23H25F3N4O2. The molecule has 2 aromatic rings. The number of benzene rings is 1. The van der Waals surface area contributed by atoms with Crippen molar-refractivity contribution in [1.82, 2.24) is 15.2 Å². The largest absolute Gasteiger partial charge is 0.417 e. The van der Waals surface area contributed by atoms with Crippen LogP contribution in [0.5, 0.6) is 0 Å². The standard InChI is InChI=1S/C23H25F3N4O2/c24-23(25,26)19-5-2-1-4-18(19)22(32)30-13-3-12-29(15-30)20-9-8-17(14-28-20)21(31)27-11-10-16-6-7-16/h1-2,4-5,8-9,14,16H,3,6-7,10-13,15H2,(H,27,31). The SMILES string of the molecule is O=C(NCCC1CC1)c1ccc(N2CCCN(C(=O)c3ccccc3C(F)(F)F)C2)nc1. The van der Waals surface area contributed by atoms with Crippen LogP contribution in [0.4, 0.5) is 19.0 Å². The molecule has 0 bridgehead atoms. The zero-order valence-electron chi connectivity index (χ0n) is 17.6. The maximum absolute atomic E-state index is 13.3. The minimum atomic E-state index is -4.60. The van der Waals surface area contributed by atoms with Crippen molar-refractivity contribution in [1.29, 1.82) is 0 Å². The molecule has 2 aliphatic rings. The molecule has 1 aromatic heterocycles. The third kappa shape index (κ3) is 5.20. The topological polar surface area (TPSA) is 65.5 Å². The van der Waals surface area contributed by atoms with E-state index in [0.29, 0.717) is 37.4 Å². The van der Waals surface area contributed by atoms with Gasteiger partial charge in [0.25, 0.3) is 11.8 Å². The number of halogens is 3. The molecule has 4 rings (SSSR count). The Hall–Kier alpha value is -3.10. The van der Waals surface area contributed by atoms with Gasteiger partial charge in [0.2, 0.25) is 0 Å². The molecular weight excluding hydrogens is 421 g/mol. The third-order valence-electron chi connectivity index (χ3n) is 5.82. The van der Waals surface area contributed by atoms with Gasteiger partial charge in [-0.25, -0.2) is 4.98 Å². The van der Waals surface area contributed by atoms with Crippen molar-refractivity contribution in [2.45, 2.75) is 31.9 Å². The van der Waals surface area contributed by atoms with Gasteiger partial charge in [-0.3, -0.25) is 9.59 Å². The molecule has 0 radical (unpaired) electrons. The van der Waals surface area contributed by atoms with Crippen LogP contribution in [0.1, 0.15) is 52.0 Å². The van der Waals surface area contributed by atoms with E-state index in [-0.39, 0.29) is 18.1 Å². The van der Waals surface area contributed by atoms with Gasteiger partial charge in [0.15, 0.2) is 0 Å². The molecule has 0 atom stereocenters. The first-order valence-electron chi connectivity index (χ1n) is 10.8. The Morgan fingerprint density at radius 3 is 2.56 bits per heavy atom. The van der Waals surface area contributed by atoms with E-state index in [1.807, 2.05) is 4.90 Å². The predicted octanol–water partition coefficient (Wildman–Crippen LogP) is 3.94. The van der Waals surface area contributed by atoms with E-state index in [9.17, 15) is 22.8 Å². The lowest BCUT2D eigenvalue weighted by molar-refractivity contribution is -0.138. The second-order valence-electron chi connectivity index (χ2n) is 8.26. The number of rotatable bonds is 6. The summed E-state index contributed by atoms with van der Waals surface area (Å²) in [6.45, 7) is 1.76. The molecule has 1 aliphatic heterocycles. The molecule has 0 unspecified atom stereocenters. The lowest BCUT2D eigenvalue weighted by atomic mass is 10.1. The molecule has 2 fully saturated rings. The van der Waals surface area contributed by atoms with E-state index in [1.54, 1.807) is 12.1 Å². The Balaban J connectivity index is 1.40. The van der Waals surface area contributed by atoms with Gasteiger partial charge in [-0.05, 0) is 43.0 Å². The highest BCUT2D eigenvalue weighted by atomic mass is 19.4. The average molecular weight is 446 g/mol. The van der Waals surface area contributed by atoms with Crippen LogP contribution in [0.3, 0.4) is 0 Å². The molecule has 0 spiro atoms. The molecule has 2 amide bonds. The quantitative estimate of drug-likeness (QED) is 0.730. The molecule has 32 heavy (non-hydrogen) atoms. The first-order valence-corrected chi connectivity index (χ1v) is 10.8. The smallest absolute Gasteiger partial charge is 0.352 e. The van der Waals surface area contributed by atoms with Gasteiger partial charge in [0, 0.05) is 25.8 Å². The van der Waals surface area contributed by atoms with Gasteiger partial charge in [-0.15, -0.1) is 0 Å². The summed E-state index contributed by atoms with van der Waals surface area (Å²) in [5.41, 5.74) is -0.834. The summed E-state index contributed by atoms with van der Waals surface area (Å²) < 4.78 is 40.0. The number of nitrogens with zero attached hydrogens (tertiary/aromatic N) is 3. The van der Waals surface area contributed by atoms with Crippen LogP contribution in [0, 0.1) is 5.92 Å². The van der Waals surface area contributed by atoms with Crippen LogP contribution < -0.4 is 10.2 Å². The van der Waals surface area contributed by atoms with Gasteiger partial charge in [0.1, 0.15) is 5.82 Å². The van der Waals surface area contributed by atoms with E-state index in [1.165, 1.54) is 42.1 Å². The minimum absolute atomic E-state index is 0.130. The van der Waals surface area contributed by atoms with Crippen LogP contribution in [0.2, 0.25) is 0 Å². The molecule has 1 N–H and O–H groups in total. The van der Waals surface area contributed by atoms with Crippen LogP contribution in [-0.4, -0.2) is 48.0 Å². The summed E-state index contributed by atoms with van der Waals surface area (Å²) in [6, 6.07) is 8.21. The van der Waals surface area contributed by atoms with Crippen LogP contribution in [-0.2, 0) is 6.18 Å². The fourth-order valence-corrected chi connectivity index (χ4v) is 3.85. The summed E-state index contributed by atoms with van der Waals surface area (Å²) in [5, 5.41) is 2.89. The molecule has 1 aliphatic carbocycles. The molecule has 1 saturated heterocycles. The van der Waals surface area contributed by atoms with Crippen molar-refractivity contribution in [3.05, 3.63) is 59.3 Å². The number of nitrogens with one attached hydrogen (secondary N) is 1. The van der Waals surface area contributed by atoms with Crippen molar-refractivity contribution in [2.75, 3.05) is 31.2 Å². The number of carbonyl (C=O) groups excluding carboxylic acids is 2. The van der Waals surface area contributed by atoms with Crippen molar-refractivity contribution in [3.63, 3.8) is 0 Å². The summed E-state index contributed by atoms with van der Waals surface area (Å²) in [5.74, 6) is 0.475. The second kappa shape index (κ2) is 9.18. The Morgan fingerprint density at radius 1 is 1.09 bits per heavy atom. The van der Waals surface area contributed by atoms with E-state index in [0.717, 1.165) is 18.4 Å². The van der Waals surface area contributed by atoms with Gasteiger partial charge in [-0.2, -0.15) is 13.2 Å². The van der Waals surface area contributed by atoms with Crippen molar-refractivity contribution >= 4 is 17.6 Å². The normalized spacial score (nSPS) is 16.7. The monoisotopic (exact) mass is 446 g/mol. The van der Waals surface area contributed by atoms with Crippen LogP contribution in [0.25, 0.3) is 0 Å². The van der Waals surface area contributed by atoms with Crippen molar-refractivity contribution < 1.29 is 22.8 Å². The molecule has 1 aromatic carbocycles. The molecule has 2 heterocycles. The number of alkyl halides is 3. The average Bonchev–Trinajstić information content (AvgIpc) is 3.62. The number of aromatic nitrogens is 1. The third-order valence-corrected chi connectivity index (χ3v) is 5.82. The maximum Gasteiger partial charge on any atom is 0.417 e. The first kappa shape index (κ1) is 22.1. The lowest BCUT2D eigenvalue weighted by Gasteiger charge is -2.36. The van der Waals surface area contributed by atoms with E-state index < -0.39 is 17.6 Å². The Labute approximate surface area is 184 Å². The summed E-state index contributed by atoms with van der Waals surface area (Å²) in [7, 11) is 0. The lowest BCUT2D eigenvalue weighted by Crippen LogP contribution is -2.48. The first-order chi connectivity index (χ1) is 15.3. The Bertz CT molecular complexity index is 974. The Morgan fingerprint density at radius 2 is 1.88 bits per heavy atom. The fourth-order valence-electron chi connectivity index (χ4n) is 3.85. The van der Waals surface area contributed by atoms with Gasteiger partial charge in [0.05, 0.1) is 23.4 Å². The predicted molar refractivity (Wildman–Crippen MR) is 113 cm³/mol. The molecule has 6 nitrogen and oxygen atoms in total. The number of hydrogen-bond donors (Lipinski definition) is 1. The number of carbonyl (C=O) groups is 2. The summed E-state index contributed by atoms with van der Waals surface area (Å²) >= 11 is 0. The number of amides is 2. The van der Waals surface area contributed by atoms with Crippen molar-refractivity contribution in [2.24, 2.45) is 5.92 Å². The highest BCUT2D eigenvalue weighted by Gasteiger charge is 2.36. The fraction of sp³-hybridized carbons (Fsp3) is 0.435. The number of pyridine rings is 1. The van der Waals surface area contributed by atoms with Crippen LogP contribution >= 0.6 is 0 Å².